The first-order chi connectivity index (χ1) is 14.1. The molecule has 0 radical (unpaired) electrons. The van der Waals surface area contributed by atoms with Crippen molar-refractivity contribution in [1.29, 1.82) is 0 Å². The molecule has 3 rings (SSSR count). The third-order valence-corrected chi connectivity index (χ3v) is 4.89. The van der Waals surface area contributed by atoms with Crippen molar-refractivity contribution in [3.63, 3.8) is 0 Å². The summed E-state index contributed by atoms with van der Waals surface area (Å²) in [6.07, 6.45) is 2.54. The minimum Gasteiger partial charge on any atom is -0.504 e. The molecule has 6 nitrogen and oxygen atoms in total. The van der Waals surface area contributed by atoms with E-state index in [0.29, 0.717) is 30.7 Å². The second-order valence-corrected chi connectivity index (χ2v) is 7.38. The van der Waals surface area contributed by atoms with Gasteiger partial charge in [0.1, 0.15) is 5.75 Å². The van der Waals surface area contributed by atoms with Gasteiger partial charge in [0.05, 0.1) is 20.3 Å². The zero-order valence-corrected chi connectivity index (χ0v) is 17.5. The van der Waals surface area contributed by atoms with Crippen LogP contribution in [-0.4, -0.2) is 31.3 Å². The molecule has 0 saturated heterocycles. The summed E-state index contributed by atoms with van der Waals surface area (Å²) in [5, 5.41) is 16.8. The van der Waals surface area contributed by atoms with E-state index in [0.717, 1.165) is 30.0 Å². The Morgan fingerprint density at radius 1 is 1.14 bits per heavy atom. The molecule has 0 atom stereocenters. The number of hydrogen-bond donors (Lipinski definition) is 3. The number of methoxy groups -OCH3 is 1. The van der Waals surface area contributed by atoms with Gasteiger partial charge in [0, 0.05) is 24.2 Å². The summed E-state index contributed by atoms with van der Waals surface area (Å²) in [4.78, 5) is 4.71. The maximum absolute atomic E-state index is 10.3. The van der Waals surface area contributed by atoms with Crippen molar-refractivity contribution in [2.24, 2.45) is 10.9 Å². The normalized spacial score (nSPS) is 13.8. The molecule has 1 fully saturated rings. The van der Waals surface area contributed by atoms with Crippen molar-refractivity contribution in [3.05, 3.63) is 53.1 Å². The summed E-state index contributed by atoms with van der Waals surface area (Å²) in [6.45, 7) is 6.58. The maximum Gasteiger partial charge on any atom is 0.191 e. The standard InChI is InChI=1S/C23H31N3O3/c1-4-24-23(26-14-19-6-5-7-20(28-3)22(19)27)25-13-18-11-8-16(2)12-21(18)29-15-17-9-10-17/h5-8,11-12,17,27H,4,9-10,13-15H2,1-3H3,(H2,24,25,26). The molecule has 1 saturated carbocycles. The maximum atomic E-state index is 10.3. The third kappa shape index (κ3) is 6.04. The number of guanidine groups is 1. The van der Waals surface area contributed by atoms with Gasteiger partial charge in [-0.25, -0.2) is 4.99 Å². The van der Waals surface area contributed by atoms with Crippen LogP contribution in [0.5, 0.6) is 17.2 Å². The summed E-state index contributed by atoms with van der Waals surface area (Å²) in [7, 11) is 1.54. The number of benzene rings is 2. The van der Waals surface area contributed by atoms with Crippen molar-refractivity contribution in [2.45, 2.75) is 39.8 Å². The van der Waals surface area contributed by atoms with Crippen LogP contribution >= 0.6 is 0 Å². The van der Waals surface area contributed by atoms with Gasteiger partial charge in [0.25, 0.3) is 0 Å². The van der Waals surface area contributed by atoms with Crippen LogP contribution in [0.3, 0.4) is 0 Å². The average Bonchev–Trinajstić information content (AvgIpc) is 3.55. The van der Waals surface area contributed by atoms with Gasteiger partial charge in [0.15, 0.2) is 17.5 Å². The van der Waals surface area contributed by atoms with E-state index in [1.807, 2.05) is 19.1 Å². The van der Waals surface area contributed by atoms with E-state index in [4.69, 9.17) is 14.5 Å². The lowest BCUT2D eigenvalue weighted by atomic mass is 10.1. The van der Waals surface area contributed by atoms with Gasteiger partial charge in [-0.3, -0.25) is 0 Å². The summed E-state index contributed by atoms with van der Waals surface area (Å²) in [5.41, 5.74) is 3.00. The van der Waals surface area contributed by atoms with Crippen LogP contribution < -0.4 is 20.1 Å². The van der Waals surface area contributed by atoms with Gasteiger partial charge in [-0.2, -0.15) is 0 Å². The minimum absolute atomic E-state index is 0.146. The molecule has 3 N–H and O–H groups in total. The van der Waals surface area contributed by atoms with Crippen molar-refractivity contribution >= 4 is 5.96 Å². The molecular formula is C23H31N3O3. The number of ether oxygens (including phenoxy) is 2. The second kappa shape index (κ2) is 10.0. The fourth-order valence-electron chi connectivity index (χ4n) is 2.98. The molecule has 0 aromatic heterocycles. The first-order valence-corrected chi connectivity index (χ1v) is 10.2. The van der Waals surface area contributed by atoms with Crippen LogP contribution in [0.15, 0.2) is 41.4 Å². The lowest BCUT2D eigenvalue weighted by Crippen LogP contribution is -2.36. The average molecular weight is 398 g/mol. The number of aromatic hydroxyl groups is 1. The van der Waals surface area contributed by atoms with Gasteiger partial charge < -0.3 is 25.2 Å². The van der Waals surface area contributed by atoms with Crippen LogP contribution in [0, 0.1) is 12.8 Å². The summed E-state index contributed by atoms with van der Waals surface area (Å²) in [6, 6.07) is 11.7. The molecule has 2 aromatic carbocycles. The van der Waals surface area contributed by atoms with E-state index in [2.05, 4.69) is 35.8 Å². The number of hydrogen-bond acceptors (Lipinski definition) is 4. The van der Waals surface area contributed by atoms with Gasteiger partial charge >= 0.3 is 0 Å². The van der Waals surface area contributed by atoms with Gasteiger partial charge in [-0.05, 0) is 50.3 Å². The molecule has 0 unspecified atom stereocenters. The van der Waals surface area contributed by atoms with E-state index in [1.165, 1.54) is 18.4 Å². The SMILES string of the molecule is CCNC(=NCc1ccc(C)cc1OCC1CC1)NCc1cccc(OC)c1O. The fraction of sp³-hybridized carbons (Fsp3) is 0.435. The quantitative estimate of drug-likeness (QED) is 0.444. The predicted molar refractivity (Wildman–Crippen MR) is 116 cm³/mol. The number of nitrogens with zero attached hydrogens (tertiary/aromatic N) is 1. The van der Waals surface area contributed by atoms with Crippen LogP contribution in [0.1, 0.15) is 36.5 Å². The molecule has 0 bridgehead atoms. The molecular weight excluding hydrogens is 366 g/mol. The molecule has 1 aliphatic rings. The number of phenolic OH excluding ortho intramolecular Hbond substituents is 1. The summed E-state index contributed by atoms with van der Waals surface area (Å²) < 4.78 is 11.2. The highest BCUT2D eigenvalue weighted by atomic mass is 16.5. The van der Waals surface area contributed by atoms with E-state index >= 15 is 0 Å². The van der Waals surface area contributed by atoms with Crippen LogP contribution in [0.2, 0.25) is 0 Å². The molecule has 0 aliphatic heterocycles. The Bertz CT molecular complexity index is 847. The Morgan fingerprint density at radius 3 is 2.69 bits per heavy atom. The Morgan fingerprint density at radius 2 is 1.97 bits per heavy atom. The van der Waals surface area contributed by atoms with Crippen molar-refractivity contribution < 1.29 is 14.6 Å². The molecule has 1 aliphatic carbocycles. The zero-order valence-electron chi connectivity index (χ0n) is 17.5. The number of nitrogens with one attached hydrogen (secondary N) is 2. The predicted octanol–water partition coefficient (Wildman–Crippen LogP) is 3.75. The first kappa shape index (κ1) is 20.8. The van der Waals surface area contributed by atoms with Crippen molar-refractivity contribution in [1.82, 2.24) is 10.6 Å². The van der Waals surface area contributed by atoms with Crippen molar-refractivity contribution in [2.75, 3.05) is 20.3 Å². The smallest absolute Gasteiger partial charge is 0.191 e. The largest absolute Gasteiger partial charge is 0.504 e. The molecule has 0 amide bonds. The first-order valence-electron chi connectivity index (χ1n) is 10.2. The van der Waals surface area contributed by atoms with Gasteiger partial charge in [-0.15, -0.1) is 0 Å². The van der Waals surface area contributed by atoms with Gasteiger partial charge in [0.2, 0.25) is 0 Å². The fourth-order valence-corrected chi connectivity index (χ4v) is 2.98. The Labute approximate surface area is 173 Å². The number of rotatable bonds is 9. The van der Waals surface area contributed by atoms with E-state index in [-0.39, 0.29) is 5.75 Å². The highest BCUT2D eigenvalue weighted by Gasteiger charge is 2.22. The zero-order chi connectivity index (χ0) is 20.6. The van der Waals surface area contributed by atoms with E-state index in [9.17, 15) is 5.11 Å². The topological polar surface area (TPSA) is 75.1 Å². The monoisotopic (exact) mass is 397 g/mol. The molecule has 156 valence electrons. The molecule has 2 aromatic rings. The highest BCUT2D eigenvalue weighted by molar-refractivity contribution is 5.79. The van der Waals surface area contributed by atoms with E-state index in [1.54, 1.807) is 13.2 Å². The number of phenols is 1. The lowest BCUT2D eigenvalue weighted by molar-refractivity contribution is 0.296. The number of aryl methyl sites for hydroxylation is 1. The lowest BCUT2D eigenvalue weighted by Gasteiger charge is -2.14. The molecule has 6 heteroatoms. The minimum atomic E-state index is 0.146. The van der Waals surface area contributed by atoms with E-state index < -0.39 is 0 Å². The van der Waals surface area contributed by atoms with Gasteiger partial charge in [-0.1, -0.05) is 24.3 Å². The molecule has 0 heterocycles. The third-order valence-electron chi connectivity index (χ3n) is 4.89. The second-order valence-electron chi connectivity index (χ2n) is 7.38. The van der Waals surface area contributed by atoms with Crippen LogP contribution in [-0.2, 0) is 13.1 Å². The summed E-state index contributed by atoms with van der Waals surface area (Å²) in [5.74, 6) is 2.92. The number of para-hydroxylation sites is 1. The summed E-state index contributed by atoms with van der Waals surface area (Å²) >= 11 is 0. The van der Waals surface area contributed by atoms with Crippen LogP contribution in [0.25, 0.3) is 0 Å². The number of aliphatic imine (C=N–C) groups is 1. The van der Waals surface area contributed by atoms with Crippen LogP contribution in [0.4, 0.5) is 0 Å². The highest BCUT2D eigenvalue weighted by Crippen LogP contribution is 2.31. The Kier molecular flexibility index (Phi) is 7.22. The van der Waals surface area contributed by atoms with Crippen molar-refractivity contribution in [3.8, 4) is 17.2 Å². The molecule has 0 spiro atoms. The Balaban J connectivity index is 1.67. The molecule has 29 heavy (non-hydrogen) atoms. The Hall–Kier alpha value is -2.89.